The van der Waals surface area contributed by atoms with Gasteiger partial charge in [0.2, 0.25) is 5.91 Å². The Labute approximate surface area is 130 Å². The number of benzene rings is 1. The normalized spacial score (nSPS) is 13.9. The van der Waals surface area contributed by atoms with E-state index in [0.29, 0.717) is 0 Å². The maximum Gasteiger partial charge on any atom is 0.237 e. The third-order valence-electron chi connectivity index (χ3n) is 3.46. The van der Waals surface area contributed by atoms with E-state index in [1.54, 1.807) is 23.9 Å². The first-order valence-corrected chi connectivity index (χ1v) is 8.40. The molecule has 0 aromatic heterocycles. The van der Waals surface area contributed by atoms with Crippen molar-refractivity contribution in [3.05, 3.63) is 30.1 Å². The fourth-order valence-electron chi connectivity index (χ4n) is 2.00. The summed E-state index contributed by atoms with van der Waals surface area (Å²) in [6.45, 7) is 4.73. The topological polar surface area (TPSA) is 55.1 Å². The van der Waals surface area contributed by atoms with Crippen molar-refractivity contribution in [3.63, 3.8) is 0 Å². The van der Waals surface area contributed by atoms with Crippen LogP contribution in [0.3, 0.4) is 0 Å². The highest BCUT2D eigenvalue weighted by atomic mass is 32.2. The highest BCUT2D eigenvalue weighted by Gasteiger charge is 2.29. The largest absolute Gasteiger partial charge is 0.368 e. The van der Waals surface area contributed by atoms with Crippen LogP contribution < -0.4 is 11.1 Å². The number of rotatable bonds is 10. The molecule has 0 spiro atoms. The van der Waals surface area contributed by atoms with E-state index in [0.717, 1.165) is 42.9 Å². The molecule has 1 rings (SSSR count). The molecule has 1 aromatic rings. The lowest BCUT2D eigenvalue weighted by atomic mass is 9.94. The van der Waals surface area contributed by atoms with Gasteiger partial charge in [-0.1, -0.05) is 13.3 Å². The molecule has 1 amide bonds. The molecule has 1 aromatic carbocycles. The van der Waals surface area contributed by atoms with Gasteiger partial charge in [-0.2, -0.15) is 0 Å². The number of halogens is 1. The SMILES string of the molecule is CCCNC(C)(CCCCSc1ccc(F)cc1)C(N)=O. The van der Waals surface area contributed by atoms with E-state index in [4.69, 9.17) is 5.73 Å². The predicted molar refractivity (Wildman–Crippen MR) is 86.9 cm³/mol. The molecule has 0 aliphatic carbocycles. The van der Waals surface area contributed by atoms with Gasteiger partial charge in [0.1, 0.15) is 5.82 Å². The summed E-state index contributed by atoms with van der Waals surface area (Å²) in [5.74, 6) is 0.453. The van der Waals surface area contributed by atoms with Gasteiger partial charge in [-0.05, 0) is 62.7 Å². The first-order chi connectivity index (χ1) is 9.98. The van der Waals surface area contributed by atoms with E-state index in [1.165, 1.54) is 12.1 Å². The van der Waals surface area contributed by atoms with E-state index in [-0.39, 0.29) is 11.7 Å². The van der Waals surface area contributed by atoms with E-state index in [2.05, 4.69) is 12.2 Å². The predicted octanol–water partition coefficient (Wildman–Crippen LogP) is 3.33. The minimum atomic E-state index is -0.615. The van der Waals surface area contributed by atoms with Crippen molar-refractivity contribution in [1.29, 1.82) is 0 Å². The molecule has 5 heteroatoms. The molecule has 0 aliphatic heterocycles. The Bertz CT molecular complexity index is 438. The molecule has 1 unspecified atom stereocenters. The zero-order valence-corrected chi connectivity index (χ0v) is 13.6. The third kappa shape index (κ3) is 6.48. The first-order valence-electron chi connectivity index (χ1n) is 7.41. The van der Waals surface area contributed by atoms with Crippen molar-refractivity contribution >= 4 is 17.7 Å². The molecule has 0 fully saturated rings. The number of primary amides is 1. The Kier molecular flexibility index (Phi) is 7.75. The third-order valence-corrected chi connectivity index (χ3v) is 4.56. The van der Waals surface area contributed by atoms with Crippen LogP contribution in [-0.2, 0) is 4.79 Å². The molecule has 0 saturated heterocycles. The zero-order chi connectivity index (χ0) is 15.7. The summed E-state index contributed by atoms with van der Waals surface area (Å²) in [5, 5.41) is 3.24. The fourth-order valence-corrected chi connectivity index (χ4v) is 2.91. The minimum Gasteiger partial charge on any atom is -0.368 e. The smallest absolute Gasteiger partial charge is 0.237 e. The lowest BCUT2D eigenvalue weighted by Crippen LogP contribution is -2.53. The second-order valence-corrected chi connectivity index (χ2v) is 6.55. The van der Waals surface area contributed by atoms with Crippen LogP contribution in [0, 0.1) is 5.82 Å². The summed E-state index contributed by atoms with van der Waals surface area (Å²) < 4.78 is 12.8. The van der Waals surface area contributed by atoms with Gasteiger partial charge in [-0.25, -0.2) is 4.39 Å². The second-order valence-electron chi connectivity index (χ2n) is 5.38. The standard InChI is InChI=1S/C16H25FN2OS/c1-3-11-19-16(2,15(18)20)10-4-5-12-21-14-8-6-13(17)7-9-14/h6-9,19H,3-5,10-12H2,1-2H3,(H2,18,20). The number of hydrogen-bond acceptors (Lipinski definition) is 3. The lowest BCUT2D eigenvalue weighted by molar-refractivity contribution is -0.124. The van der Waals surface area contributed by atoms with Crippen molar-refractivity contribution in [2.24, 2.45) is 5.73 Å². The van der Waals surface area contributed by atoms with Crippen molar-refractivity contribution in [1.82, 2.24) is 5.32 Å². The quantitative estimate of drug-likeness (QED) is 0.515. The van der Waals surface area contributed by atoms with Crippen LogP contribution >= 0.6 is 11.8 Å². The van der Waals surface area contributed by atoms with Crippen molar-refractivity contribution in [2.75, 3.05) is 12.3 Å². The van der Waals surface area contributed by atoms with Gasteiger partial charge in [-0.15, -0.1) is 11.8 Å². The summed E-state index contributed by atoms with van der Waals surface area (Å²) in [6, 6.07) is 6.52. The summed E-state index contributed by atoms with van der Waals surface area (Å²) in [7, 11) is 0. The molecule has 0 aliphatic rings. The van der Waals surface area contributed by atoms with E-state index >= 15 is 0 Å². The Morgan fingerprint density at radius 1 is 1.33 bits per heavy atom. The van der Waals surface area contributed by atoms with Crippen LogP contribution in [-0.4, -0.2) is 23.7 Å². The molecular weight excluding hydrogens is 287 g/mol. The number of thioether (sulfide) groups is 1. The Balaban J connectivity index is 2.28. The average molecular weight is 312 g/mol. The summed E-state index contributed by atoms with van der Waals surface area (Å²) >= 11 is 1.70. The molecule has 3 N–H and O–H groups in total. The Hall–Kier alpha value is -1.07. The van der Waals surface area contributed by atoms with Crippen molar-refractivity contribution in [2.45, 2.75) is 50.0 Å². The van der Waals surface area contributed by atoms with Crippen LogP contribution in [0.5, 0.6) is 0 Å². The van der Waals surface area contributed by atoms with E-state index in [1.807, 2.05) is 6.92 Å². The molecule has 21 heavy (non-hydrogen) atoms. The number of carbonyl (C=O) groups excluding carboxylic acids is 1. The maximum absolute atomic E-state index is 12.8. The number of unbranched alkanes of at least 4 members (excludes halogenated alkanes) is 1. The van der Waals surface area contributed by atoms with Gasteiger partial charge >= 0.3 is 0 Å². The molecule has 1 atom stereocenters. The summed E-state index contributed by atoms with van der Waals surface area (Å²) in [5.41, 5.74) is 4.88. The minimum absolute atomic E-state index is 0.210. The highest BCUT2D eigenvalue weighted by Crippen LogP contribution is 2.21. The summed E-state index contributed by atoms with van der Waals surface area (Å²) in [4.78, 5) is 12.6. The number of nitrogens with two attached hydrogens (primary N) is 1. The molecule has 0 saturated carbocycles. The number of carbonyl (C=O) groups is 1. The molecular formula is C16H25FN2OS. The molecule has 0 heterocycles. The Morgan fingerprint density at radius 3 is 2.57 bits per heavy atom. The van der Waals surface area contributed by atoms with Gasteiger partial charge in [0, 0.05) is 4.90 Å². The van der Waals surface area contributed by atoms with Crippen LogP contribution in [0.15, 0.2) is 29.2 Å². The molecule has 3 nitrogen and oxygen atoms in total. The molecule has 118 valence electrons. The van der Waals surface area contributed by atoms with E-state index < -0.39 is 5.54 Å². The molecule has 0 bridgehead atoms. The number of hydrogen-bond donors (Lipinski definition) is 2. The lowest BCUT2D eigenvalue weighted by Gasteiger charge is -2.27. The van der Waals surface area contributed by atoms with Crippen LogP contribution in [0.25, 0.3) is 0 Å². The number of nitrogens with one attached hydrogen (secondary N) is 1. The first kappa shape index (κ1) is 18.0. The van der Waals surface area contributed by atoms with Gasteiger partial charge in [0.05, 0.1) is 5.54 Å². The van der Waals surface area contributed by atoms with Crippen molar-refractivity contribution < 1.29 is 9.18 Å². The Morgan fingerprint density at radius 2 is 2.00 bits per heavy atom. The van der Waals surface area contributed by atoms with Gasteiger partial charge in [0.15, 0.2) is 0 Å². The van der Waals surface area contributed by atoms with Crippen LogP contribution in [0.4, 0.5) is 4.39 Å². The summed E-state index contributed by atoms with van der Waals surface area (Å²) in [6.07, 6.45) is 3.65. The van der Waals surface area contributed by atoms with Crippen molar-refractivity contribution in [3.8, 4) is 0 Å². The second kappa shape index (κ2) is 9.05. The fraction of sp³-hybridized carbons (Fsp3) is 0.562. The zero-order valence-electron chi connectivity index (χ0n) is 12.8. The van der Waals surface area contributed by atoms with Gasteiger partial charge in [0.25, 0.3) is 0 Å². The number of amides is 1. The monoisotopic (exact) mass is 312 g/mol. The highest BCUT2D eigenvalue weighted by molar-refractivity contribution is 7.99. The molecule has 0 radical (unpaired) electrons. The van der Waals surface area contributed by atoms with Gasteiger partial charge in [-0.3, -0.25) is 4.79 Å². The van der Waals surface area contributed by atoms with E-state index in [9.17, 15) is 9.18 Å². The van der Waals surface area contributed by atoms with Crippen LogP contribution in [0.1, 0.15) is 39.5 Å². The average Bonchev–Trinajstić information content (AvgIpc) is 2.46. The van der Waals surface area contributed by atoms with Crippen LogP contribution in [0.2, 0.25) is 0 Å². The maximum atomic E-state index is 12.8. The van der Waals surface area contributed by atoms with Gasteiger partial charge < -0.3 is 11.1 Å².